The molecule has 1 aliphatic carbocycles. The second-order valence-electron chi connectivity index (χ2n) is 5.57. The molecule has 1 saturated carbocycles. The number of anilines is 2. The molecule has 1 amide bonds. The minimum absolute atomic E-state index is 0.0896. The van der Waals surface area contributed by atoms with Gasteiger partial charge >= 0.3 is 0 Å². The first kappa shape index (κ1) is 15.1. The van der Waals surface area contributed by atoms with Crippen LogP contribution in [-0.2, 0) is 0 Å². The van der Waals surface area contributed by atoms with Crippen LogP contribution in [0.5, 0.6) is 0 Å². The first-order valence-electron chi connectivity index (χ1n) is 6.91. The number of carbonyl (C=O) groups is 1. The molecule has 2 rings (SSSR count). The number of hydrogen-bond donors (Lipinski definition) is 2. The molecule has 0 saturated heterocycles. The summed E-state index contributed by atoms with van der Waals surface area (Å²) in [6.07, 6.45) is 3.17. The lowest BCUT2D eigenvalue weighted by Crippen LogP contribution is -2.29. The second kappa shape index (κ2) is 6.41. The van der Waals surface area contributed by atoms with Crippen molar-refractivity contribution in [3.63, 3.8) is 0 Å². The molecule has 1 aliphatic rings. The summed E-state index contributed by atoms with van der Waals surface area (Å²) in [7, 11) is 6.09. The van der Waals surface area contributed by atoms with Gasteiger partial charge in [-0.2, -0.15) is 4.37 Å². The lowest BCUT2D eigenvalue weighted by atomic mass is 10.2. The van der Waals surface area contributed by atoms with E-state index in [-0.39, 0.29) is 5.91 Å². The van der Waals surface area contributed by atoms with Gasteiger partial charge in [0.05, 0.1) is 0 Å². The summed E-state index contributed by atoms with van der Waals surface area (Å²) >= 11 is 1.30. The molecule has 3 N–H and O–H groups in total. The van der Waals surface area contributed by atoms with Crippen LogP contribution in [0.15, 0.2) is 0 Å². The molecule has 112 valence electrons. The number of hydrogen-bond acceptors (Lipinski definition) is 6. The van der Waals surface area contributed by atoms with E-state index in [1.54, 1.807) is 0 Å². The molecule has 0 atom stereocenters. The Morgan fingerprint density at radius 1 is 1.40 bits per heavy atom. The SMILES string of the molecule is CN(C)CCCN(C)c1snc(N)c1C(=O)NC1CC1. The third kappa shape index (κ3) is 3.83. The number of nitrogen functional groups attached to an aromatic ring is 1. The van der Waals surface area contributed by atoms with Crippen LogP contribution >= 0.6 is 11.5 Å². The van der Waals surface area contributed by atoms with Gasteiger partial charge in [0.1, 0.15) is 10.6 Å². The maximum Gasteiger partial charge on any atom is 0.258 e. The predicted octanol–water partition coefficient (Wildman–Crippen LogP) is 1.01. The summed E-state index contributed by atoms with van der Waals surface area (Å²) < 4.78 is 4.14. The predicted molar refractivity (Wildman–Crippen MR) is 83.5 cm³/mol. The van der Waals surface area contributed by atoms with Crippen molar-refractivity contribution in [2.75, 3.05) is 44.9 Å². The van der Waals surface area contributed by atoms with Crippen LogP contribution in [0.3, 0.4) is 0 Å². The third-order valence-electron chi connectivity index (χ3n) is 3.29. The molecule has 1 heterocycles. The topological polar surface area (TPSA) is 74.5 Å². The summed E-state index contributed by atoms with van der Waals surface area (Å²) in [5, 5.41) is 3.84. The van der Waals surface area contributed by atoms with E-state index >= 15 is 0 Å². The van der Waals surface area contributed by atoms with Crippen molar-refractivity contribution in [2.24, 2.45) is 0 Å². The standard InChI is InChI=1S/C13H23N5OS/c1-17(2)7-4-8-18(3)13-10(11(14)16-20-13)12(19)15-9-5-6-9/h9H,4-8H2,1-3H3,(H2,14,16)(H,15,19). The highest BCUT2D eigenvalue weighted by atomic mass is 32.1. The van der Waals surface area contributed by atoms with Crippen molar-refractivity contribution in [1.82, 2.24) is 14.6 Å². The number of amides is 1. The first-order chi connectivity index (χ1) is 9.49. The normalized spacial score (nSPS) is 14.6. The van der Waals surface area contributed by atoms with Gasteiger partial charge in [-0.15, -0.1) is 0 Å². The molecule has 0 unspecified atom stereocenters. The van der Waals surface area contributed by atoms with Crippen LogP contribution < -0.4 is 16.0 Å². The Morgan fingerprint density at radius 2 is 2.10 bits per heavy atom. The first-order valence-corrected chi connectivity index (χ1v) is 7.68. The molecule has 0 radical (unpaired) electrons. The van der Waals surface area contributed by atoms with Gasteiger partial charge < -0.3 is 20.9 Å². The van der Waals surface area contributed by atoms with Crippen molar-refractivity contribution in [1.29, 1.82) is 0 Å². The molecule has 1 fully saturated rings. The van der Waals surface area contributed by atoms with Gasteiger partial charge in [0.2, 0.25) is 0 Å². The fourth-order valence-corrected chi connectivity index (χ4v) is 2.77. The average molecular weight is 297 g/mol. The molecule has 7 heteroatoms. The van der Waals surface area contributed by atoms with Crippen molar-refractivity contribution in [2.45, 2.75) is 25.3 Å². The van der Waals surface area contributed by atoms with Crippen LogP contribution in [-0.4, -0.2) is 55.5 Å². The zero-order chi connectivity index (χ0) is 14.7. The van der Waals surface area contributed by atoms with E-state index in [9.17, 15) is 4.79 Å². The number of aromatic nitrogens is 1. The van der Waals surface area contributed by atoms with Crippen LogP contribution in [0.25, 0.3) is 0 Å². The van der Waals surface area contributed by atoms with Crippen molar-refractivity contribution in [3.8, 4) is 0 Å². The molecule has 0 spiro atoms. The lowest BCUT2D eigenvalue weighted by Gasteiger charge is -2.19. The molecule has 6 nitrogen and oxygen atoms in total. The molecule has 0 bridgehead atoms. The van der Waals surface area contributed by atoms with Crippen LogP contribution in [0.2, 0.25) is 0 Å². The Morgan fingerprint density at radius 3 is 2.70 bits per heavy atom. The summed E-state index contributed by atoms with van der Waals surface area (Å²) in [6.45, 7) is 1.89. The zero-order valence-corrected chi connectivity index (χ0v) is 13.2. The smallest absolute Gasteiger partial charge is 0.258 e. The van der Waals surface area contributed by atoms with Gasteiger partial charge in [-0.25, -0.2) is 0 Å². The van der Waals surface area contributed by atoms with E-state index < -0.39 is 0 Å². The summed E-state index contributed by atoms with van der Waals surface area (Å²) in [6, 6.07) is 0.327. The van der Waals surface area contributed by atoms with E-state index in [4.69, 9.17) is 5.73 Å². The molecule has 1 aromatic heterocycles. The maximum absolute atomic E-state index is 12.2. The number of nitrogens with one attached hydrogen (secondary N) is 1. The van der Waals surface area contributed by atoms with Gasteiger partial charge in [0, 0.05) is 19.6 Å². The summed E-state index contributed by atoms with van der Waals surface area (Å²) in [4.78, 5) is 16.4. The fraction of sp³-hybridized carbons (Fsp3) is 0.692. The number of carbonyl (C=O) groups excluding carboxylic acids is 1. The molecular weight excluding hydrogens is 274 g/mol. The Hall–Kier alpha value is -1.34. The monoisotopic (exact) mass is 297 g/mol. The summed E-state index contributed by atoms with van der Waals surface area (Å²) in [5.74, 6) is 0.246. The van der Waals surface area contributed by atoms with E-state index in [1.165, 1.54) is 11.5 Å². The highest BCUT2D eigenvalue weighted by molar-refractivity contribution is 7.11. The molecule has 20 heavy (non-hydrogen) atoms. The van der Waals surface area contributed by atoms with Gasteiger partial charge in [-0.3, -0.25) is 4.79 Å². The van der Waals surface area contributed by atoms with E-state index in [0.717, 1.165) is 37.4 Å². The number of rotatable bonds is 7. The third-order valence-corrected chi connectivity index (χ3v) is 4.26. The minimum atomic E-state index is -0.0896. The lowest BCUT2D eigenvalue weighted by molar-refractivity contribution is 0.0952. The van der Waals surface area contributed by atoms with Gasteiger partial charge in [0.25, 0.3) is 5.91 Å². The molecular formula is C13H23N5OS. The fourth-order valence-electron chi connectivity index (χ4n) is 1.98. The maximum atomic E-state index is 12.2. The van der Waals surface area contributed by atoms with E-state index in [1.807, 2.05) is 7.05 Å². The number of nitrogens with two attached hydrogens (primary N) is 1. The van der Waals surface area contributed by atoms with E-state index in [2.05, 4.69) is 33.6 Å². The van der Waals surface area contributed by atoms with Crippen molar-refractivity contribution in [3.05, 3.63) is 5.56 Å². The highest BCUT2D eigenvalue weighted by Gasteiger charge is 2.28. The van der Waals surface area contributed by atoms with Crippen LogP contribution in [0.4, 0.5) is 10.8 Å². The molecule has 1 aromatic rings. The van der Waals surface area contributed by atoms with Gasteiger partial charge in [-0.1, -0.05) is 0 Å². The van der Waals surface area contributed by atoms with Crippen LogP contribution in [0.1, 0.15) is 29.6 Å². The number of nitrogens with zero attached hydrogens (tertiary/aromatic N) is 3. The Balaban J connectivity index is 2.01. The summed E-state index contributed by atoms with van der Waals surface area (Å²) in [5.41, 5.74) is 6.39. The Bertz CT molecular complexity index is 469. The zero-order valence-electron chi connectivity index (χ0n) is 12.3. The Kier molecular flexibility index (Phi) is 4.82. The quantitative estimate of drug-likeness (QED) is 0.785. The Labute approximate surface area is 124 Å². The minimum Gasteiger partial charge on any atom is -0.382 e. The van der Waals surface area contributed by atoms with E-state index in [0.29, 0.717) is 17.4 Å². The second-order valence-corrected chi connectivity index (χ2v) is 6.33. The van der Waals surface area contributed by atoms with Crippen LogP contribution in [0, 0.1) is 0 Å². The average Bonchev–Trinajstić information content (AvgIpc) is 3.08. The van der Waals surface area contributed by atoms with Crippen molar-refractivity contribution >= 4 is 28.3 Å². The van der Waals surface area contributed by atoms with Gasteiger partial charge in [0.15, 0.2) is 5.82 Å². The largest absolute Gasteiger partial charge is 0.382 e. The highest BCUT2D eigenvalue weighted by Crippen LogP contribution is 2.31. The van der Waals surface area contributed by atoms with Crippen molar-refractivity contribution < 1.29 is 4.79 Å². The molecule has 0 aliphatic heterocycles. The molecule has 0 aromatic carbocycles. The van der Waals surface area contributed by atoms with Gasteiger partial charge in [-0.05, 0) is 51.4 Å².